The molecule has 1 fully saturated rings. The van der Waals surface area contributed by atoms with Crippen molar-refractivity contribution in [2.24, 2.45) is 0 Å². The first-order valence-corrected chi connectivity index (χ1v) is 6.62. The van der Waals surface area contributed by atoms with Gasteiger partial charge in [-0.1, -0.05) is 18.5 Å². The summed E-state index contributed by atoms with van der Waals surface area (Å²) in [5.74, 6) is -0.115. The van der Waals surface area contributed by atoms with E-state index in [-0.39, 0.29) is 24.4 Å². The zero-order chi connectivity index (χ0) is 12.4. The van der Waals surface area contributed by atoms with E-state index in [0.29, 0.717) is 17.3 Å². The van der Waals surface area contributed by atoms with Crippen molar-refractivity contribution in [2.75, 3.05) is 6.54 Å². The lowest BCUT2D eigenvalue weighted by Gasteiger charge is -2.31. The summed E-state index contributed by atoms with van der Waals surface area (Å²) in [5, 5.41) is 2.68. The molecule has 0 spiro atoms. The Bertz CT molecular complexity index is 446. The second-order valence-corrected chi connectivity index (χ2v) is 5.73. The molecule has 0 radical (unpaired) electrons. The van der Waals surface area contributed by atoms with Crippen molar-refractivity contribution in [3.8, 4) is 0 Å². The molecule has 2 rings (SSSR count). The Morgan fingerprint density at radius 3 is 2.88 bits per heavy atom. The van der Waals surface area contributed by atoms with Crippen molar-refractivity contribution in [1.82, 2.24) is 10.2 Å². The number of nitrogens with one attached hydrogen (secondary N) is 1. The second kappa shape index (κ2) is 5.06. The third-order valence-electron chi connectivity index (χ3n) is 2.66. The summed E-state index contributed by atoms with van der Waals surface area (Å²) in [7, 11) is 0. The predicted molar refractivity (Wildman–Crippen MR) is 67.0 cm³/mol. The third-order valence-corrected chi connectivity index (χ3v) is 3.88. The molecule has 1 atom stereocenters. The van der Waals surface area contributed by atoms with Gasteiger partial charge in [-0.2, -0.15) is 0 Å². The second-order valence-electron chi connectivity index (χ2n) is 3.93. The van der Waals surface area contributed by atoms with Crippen LogP contribution in [0.15, 0.2) is 12.1 Å². The van der Waals surface area contributed by atoms with Gasteiger partial charge in [-0.05, 0) is 18.6 Å². The first-order valence-electron chi connectivity index (χ1n) is 5.42. The maximum absolute atomic E-state index is 12.0. The maximum atomic E-state index is 12.0. The van der Waals surface area contributed by atoms with Gasteiger partial charge in [0.2, 0.25) is 11.8 Å². The van der Waals surface area contributed by atoms with Crippen molar-refractivity contribution in [2.45, 2.75) is 25.9 Å². The molecule has 6 heteroatoms. The van der Waals surface area contributed by atoms with E-state index in [2.05, 4.69) is 5.32 Å². The van der Waals surface area contributed by atoms with E-state index < -0.39 is 0 Å². The molecule has 2 heterocycles. The highest BCUT2D eigenvalue weighted by molar-refractivity contribution is 7.16. The van der Waals surface area contributed by atoms with Crippen LogP contribution in [-0.4, -0.2) is 29.3 Å². The number of halogens is 1. The van der Waals surface area contributed by atoms with Crippen LogP contribution in [0.5, 0.6) is 0 Å². The number of amides is 2. The standard InChI is InChI=1S/C11H13ClN2O2S/c1-2-8-11(16)14(6-10(15)13-8)5-7-3-4-9(12)17-7/h3-4,8H,2,5-6H2,1H3,(H,13,15). The summed E-state index contributed by atoms with van der Waals surface area (Å²) >= 11 is 7.27. The topological polar surface area (TPSA) is 49.4 Å². The molecule has 0 saturated carbocycles. The normalized spacial score (nSPS) is 20.6. The summed E-state index contributed by atoms with van der Waals surface area (Å²) in [6.07, 6.45) is 0.617. The van der Waals surface area contributed by atoms with Crippen LogP contribution in [0.1, 0.15) is 18.2 Å². The molecular weight excluding hydrogens is 260 g/mol. The fourth-order valence-corrected chi connectivity index (χ4v) is 2.91. The Morgan fingerprint density at radius 2 is 2.29 bits per heavy atom. The number of carbonyl (C=O) groups is 2. The van der Waals surface area contributed by atoms with Gasteiger partial charge in [0.25, 0.3) is 0 Å². The average molecular weight is 273 g/mol. The molecule has 1 aliphatic heterocycles. The molecule has 1 aromatic rings. The Balaban J connectivity index is 2.09. The lowest BCUT2D eigenvalue weighted by Crippen LogP contribution is -2.57. The molecule has 1 aliphatic rings. The summed E-state index contributed by atoms with van der Waals surface area (Å²) in [6, 6.07) is 3.30. The zero-order valence-corrected chi connectivity index (χ0v) is 11.0. The van der Waals surface area contributed by atoms with E-state index in [1.807, 2.05) is 13.0 Å². The van der Waals surface area contributed by atoms with Crippen LogP contribution in [0.4, 0.5) is 0 Å². The quantitative estimate of drug-likeness (QED) is 0.909. The Labute approximate surface area is 109 Å². The zero-order valence-electron chi connectivity index (χ0n) is 9.40. The number of hydrogen-bond donors (Lipinski definition) is 1. The van der Waals surface area contributed by atoms with Crippen LogP contribution in [0.25, 0.3) is 0 Å². The maximum Gasteiger partial charge on any atom is 0.245 e. The monoisotopic (exact) mass is 272 g/mol. The number of piperazine rings is 1. The highest BCUT2D eigenvalue weighted by Crippen LogP contribution is 2.23. The molecule has 0 bridgehead atoms. The van der Waals surface area contributed by atoms with Gasteiger partial charge in [-0.25, -0.2) is 0 Å². The minimum absolute atomic E-state index is 0.0170. The Morgan fingerprint density at radius 1 is 1.53 bits per heavy atom. The summed E-state index contributed by atoms with van der Waals surface area (Å²) in [4.78, 5) is 26.0. The molecular formula is C11H13ClN2O2S. The fourth-order valence-electron chi connectivity index (χ4n) is 1.81. The fraction of sp³-hybridized carbons (Fsp3) is 0.455. The van der Waals surface area contributed by atoms with Crippen LogP contribution >= 0.6 is 22.9 Å². The van der Waals surface area contributed by atoms with Crippen molar-refractivity contribution >= 4 is 34.8 Å². The van der Waals surface area contributed by atoms with Crippen LogP contribution in [-0.2, 0) is 16.1 Å². The number of thiophene rings is 1. The smallest absolute Gasteiger partial charge is 0.245 e. The molecule has 1 unspecified atom stereocenters. The predicted octanol–water partition coefficient (Wildman–Crippen LogP) is 1.64. The molecule has 1 saturated heterocycles. The van der Waals surface area contributed by atoms with Gasteiger partial charge < -0.3 is 10.2 Å². The van der Waals surface area contributed by atoms with Crippen molar-refractivity contribution in [1.29, 1.82) is 0 Å². The molecule has 0 aliphatic carbocycles. The summed E-state index contributed by atoms with van der Waals surface area (Å²) in [6.45, 7) is 2.47. The SMILES string of the molecule is CCC1NC(=O)CN(Cc2ccc(Cl)s2)C1=O. The van der Waals surface area contributed by atoms with Crippen molar-refractivity contribution < 1.29 is 9.59 Å². The van der Waals surface area contributed by atoms with Crippen molar-refractivity contribution in [3.05, 3.63) is 21.3 Å². The van der Waals surface area contributed by atoms with Gasteiger partial charge >= 0.3 is 0 Å². The summed E-state index contributed by atoms with van der Waals surface area (Å²) < 4.78 is 0.695. The highest BCUT2D eigenvalue weighted by Gasteiger charge is 2.31. The largest absolute Gasteiger partial charge is 0.343 e. The van der Waals surface area contributed by atoms with Crippen LogP contribution in [0.2, 0.25) is 4.34 Å². The average Bonchev–Trinajstić information content (AvgIpc) is 2.69. The number of nitrogens with zero attached hydrogens (tertiary/aromatic N) is 1. The summed E-state index contributed by atoms with van der Waals surface area (Å²) in [5.41, 5.74) is 0. The van der Waals surface area contributed by atoms with E-state index in [1.165, 1.54) is 11.3 Å². The number of hydrogen-bond acceptors (Lipinski definition) is 3. The molecule has 0 aromatic carbocycles. The lowest BCUT2D eigenvalue weighted by molar-refractivity contribution is -0.144. The van der Waals surface area contributed by atoms with Gasteiger partial charge in [0, 0.05) is 4.88 Å². The molecule has 1 N–H and O–H groups in total. The van der Waals surface area contributed by atoms with E-state index in [1.54, 1.807) is 11.0 Å². The van der Waals surface area contributed by atoms with Gasteiger partial charge in [0.15, 0.2) is 0 Å². The third kappa shape index (κ3) is 2.79. The first-order chi connectivity index (χ1) is 8.10. The molecule has 92 valence electrons. The highest BCUT2D eigenvalue weighted by atomic mass is 35.5. The van der Waals surface area contributed by atoms with Gasteiger partial charge in [0.1, 0.15) is 6.04 Å². The number of rotatable bonds is 3. The lowest BCUT2D eigenvalue weighted by atomic mass is 10.1. The van der Waals surface area contributed by atoms with Crippen molar-refractivity contribution in [3.63, 3.8) is 0 Å². The minimum Gasteiger partial charge on any atom is -0.343 e. The molecule has 17 heavy (non-hydrogen) atoms. The van der Waals surface area contributed by atoms with Crippen LogP contribution in [0, 0.1) is 0 Å². The van der Waals surface area contributed by atoms with E-state index in [4.69, 9.17) is 11.6 Å². The minimum atomic E-state index is -0.383. The van der Waals surface area contributed by atoms with Gasteiger partial charge in [-0.15, -0.1) is 11.3 Å². The van der Waals surface area contributed by atoms with E-state index in [9.17, 15) is 9.59 Å². The number of carbonyl (C=O) groups excluding carboxylic acids is 2. The van der Waals surface area contributed by atoms with Gasteiger partial charge in [0.05, 0.1) is 17.4 Å². The van der Waals surface area contributed by atoms with Crippen LogP contribution in [0.3, 0.4) is 0 Å². The Kier molecular flexibility index (Phi) is 3.69. The van der Waals surface area contributed by atoms with Gasteiger partial charge in [-0.3, -0.25) is 9.59 Å². The molecule has 1 aromatic heterocycles. The first kappa shape index (κ1) is 12.4. The van der Waals surface area contributed by atoms with E-state index >= 15 is 0 Å². The molecule has 2 amide bonds. The molecule has 4 nitrogen and oxygen atoms in total. The van der Waals surface area contributed by atoms with Crippen LogP contribution < -0.4 is 5.32 Å². The van der Waals surface area contributed by atoms with E-state index in [0.717, 1.165) is 4.88 Å². The Hall–Kier alpha value is -1.07.